The Bertz CT molecular complexity index is 8080. The fourth-order valence-corrected chi connectivity index (χ4v) is 19.5. The first-order valence-corrected chi connectivity index (χ1v) is 41.1. The second kappa shape index (κ2) is 26.7. The second-order valence-electron chi connectivity index (χ2n) is 31.6. The van der Waals surface area contributed by atoms with Gasteiger partial charge in [0.1, 0.15) is 0 Å². The number of aromatic nitrogens is 8. The predicted octanol–water partition coefficient (Wildman–Crippen LogP) is 29.1. The summed E-state index contributed by atoms with van der Waals surface area (Å²) in [6.45, 7) is 0. The van der Waals surface area contributed by atoms with Gasteiger partial charge in [-0.1, -0.05) is 237 Å². The molecule has 0 radical (unpaired) electrons. The van der Waals surface area contributed by atoms with Gasteiger partial charge in [-0.25, -0.2) is 9.97 Å². The third-order valence-corrected chi connectivity index (χ3v) is 25.0. The highest BCUT2D eigenvalue weighted by molar-refractivity contribution is 6.18. The summed E-state index contributed by atoms with van der Waals surface area (Å²) in [5, 5.41) is 14.2. The van der Waals surface area contributed by atoms with Crippen molar-refractivity contribution < 1.29 is 0 Å². The minimum Gasteiger partial charge on any atom is -0.309 e. The molecule has 0 saturated carbocycles. The molecule has 25 rings (SSSR count). The van der Waals surface area contributed by atoms with Crippen molar-refractivity contribution in [3.63, 3.8) is 0 Å². The highest BCUT2D eigenvalue weighted by atomic mass is 15.2. The van der Waals surface area contributed by atoms with E-state index in [1.165, 1.54) is 76.2 Å². The molecular weight excluding hydrogens is 1460 g/mol. The molecule has 8 heteroatoms. The summed E-state index contributed by atoms with van der Waals surface area (Å²) < 4.78 is 14.3. The summed E-state index contributed by atoms with van der Waals surface area (Å²) in [4.78, 5) is 11.5. The smallest absolute Gasteiger partial charge is 0.235 e. The summed E-state index contributed by atoms with van der Waals surface area (Å²) in [5.41, 5.74) is 31.8. The van der Waals surface area contributed by atoms with Gasteiger partial charge >= 0.3 is 0 Å². The van der Waals surface area contributed by atoms with Crippen LogP contribution in [-0.4, -0.2) is 37.4 Å². The SMILES string of the molecule is c1ccc(-c2cc(-c3cccc(-n4c5ccc(-c6ccc7c(c6)c6ccccc6n7-c6ccccc6)cc5c5cc(-c6ccc7c(c6)c6ccccc6n7-c6ccccc6)ccc54)c3)nc(-n3c4ccc(-c5ccc6c(c5)c5ccccc5n6-c5ccccc5)cc4c4cc(-c5ccc6c(c5)c5ccccc5n6-c5ccccc5)ccc43)n2)cc1. The summed E-state index contributed by atoms with van der Waals surface area (Å²) in [5.74, 6) is 0.574. The van der Waals surface area contributed by atoms with Crippen LogP contribution < -0.4 is 0 Å². The van der Waals surface area contributed by atoms with Crippen LogP contribution in [0.15, 0.2) is 425 Å². The van der Waals surface area contributed by atoms with Crippen molar-refractivity contribution in [2.75, 3.05) is 0 Å². The zero-order chi connectivity index (χ0) is 78.6. The average Bonchev–Trinajstić information content (AvgIpc) is 1.58. The molecule has 120 heavy (non-hydrogen) atoms. The fraction of sp³-hybridized carbons (Fsp3) is 0. The molecule has 0 fully saturated rings. The number of rotatable bonds is 12. The first-order chi connectivity index (χ1) is 59.5. The Hall–Kier alpha value is -16.2. The standard InChI is InChI=1S/C112H70N8/c1-6-25-71(26-7-1)98-70-99(114-112(113-98)120-110-59-51-78(74-47-55-106-92(64-74)88-39-18-22-43-102(88)117(106)83-32-12-4-13-33-83)68-96(110)97-69-79(52-60-111(97)120)75-48-56-107-93(65-75)89-40-19-23-44-103(89)118(107)84-34-14-5-15-35-84)80-27-24-36-85(61-80)119-108-57-49-76(72-45-53-104-90(62-72)86-37-16-20-41-100(86)115(104)81-28-8-2-9-29-81)66-94(108)95-67-77(50-58-109(95)119)73-46-54-105-91(63-73)87-38-17-21-42-101(87)116(105)82-30-10-3-11-31-82/h1-70H. The molecule has 0 bridgehead atoms. The second-order valence-corrected chi connectivity index (χ2v) is 31.6. The molecule has 0 spiro atoms. The van der Waals surface area contributed by atoms with E-state index in [-0.39, 0.29) is 0 Å². The number of hydrogen-bond acceptors (Lipinski definition) is 2. The molecule has 0 saturated heterocycles. The largest absolute Gasteiger partial charge is 0.309 e. The molecule has 7 aromatic heterocycles. The lowest BCUT2D eigenvalue weighted by atomic mass is 9.98. The van der Waals surface area contributed by atoms with Gasteiger partial charge in [-0.05, 0) is 233 Å². The summed E-state index contributed by atoms with van der Waals surface area (Å²) >= 11 is 0. The van der Waals surface area contributed by atoms with Crippen LogP contribution in [0.25, 0.3) is 232 Å². The Morgan fingerprint density at radius 2 is 0.333 bits per heavy atom. The molecule has 0 N–H and O–H groups in total. The molecule has 0 aliphatic rings. The van der Waals surface area contributed by atoms with E-state index in [1.54, 1.807) is 0 Å². The van der Waals surface area contributed by atoms with Crippen molar-refractivity contribution >= 4 is 131 Å². The average molecular weight is 1530 g/mol. The van der Waals surface area contributed by atoms with Crippen molar-refractivity contribution in [2.24, 2.45) is 0 Å². The highest BCUT2D eigenvalue weighted by Gasteiger charge is 2.25. The van der Waals surface area contributed by atoms with E-state index < -0.39 is 0 Å². The van der Waals surface area contributed by atoms with Crippen LogP contribution in [0.4, 0.5) is 0 Å². The quantitative estimate of drug-likeness (QED) is 0.122. The van der Waals surface area contributed by atoms with E-state index in [0.29, 0.717) is 5.95 Å². The summed E-state index contributed by atoms with van der Waals surface area (Å²) in [6, 6.07) is 156. The van der Waals surface area contributed by atoms with Crippen molar-refractivity contribution in [1.82, 2.24) is 37.4 Å². The van der Waals surface area contributed by atoms with Crippen LogP contribution in [-0.2, 0) is 0 Å². The van der Waals surface area contributed by atoms with E-state index in [9.17, 15) is 0 Å². The van der Waals surface area contributed by atoms with Crippen LogP contribution in [0, 0.1) is 0 Å². The lowest BCUT2D eigenvalue weighted by Gasteiger charge is -2.14. The minimum absolute atomic E-state index is 0.574. The molecule has 0 atom stereocenters. The van der Waals surface area contributed by atoms with Crippen LogP contribution in [0.3, 0.4) is 0 Å². The molecule has 18 aromatic carbocycles. The Kier molecular flexibility index (Phi) is 15.0. The third-order valence-electron chi connectivity index (χ3n) is 25.0. The first kappa shape index (κ1) is 67.2. The van der Waals surface area contributed by atoms with Crippen LogP contribution in [0.1, 0.15) is 0 Å². The zero-order valence-electron chi connectivity index (χ0n) is 65.0. The Balaban J connectivity index is 0.668. The summed E-state index contributed by atoms with van der Waals surface area (Å²) in [6.07, 6.45) is 0. The van der Waals surface area contributed by atoms with E-state index in [4.69, 9.17) is 9.97 Å². The molecule has 8 nitrogen and oxygen atoms in total. The first-order valence-electron chi connectivity index (χ1n) is 41.1. The van der Waals surface area contributed by atoms with Crippen molar-refractivity contribution in [1.29, 1.82) is 0 Å². The van der Waals surface area contributed by atoms with Gasteiger partial charge in [0.2, 0.25) is 5.95 Å². The fourth-order valence-electron chi connectivity index (χ4n) is 19.5. The number of benzene rings is 18. The van der Waals surface area contributed by atoms with Crippen LogP contribution in [0.2, 0.25) is 0 Å². The maximum Gasteiger partial charge on any atom is 0.235 e. The highest BCUT2D eigenvalue weighted by Crippen LogP contribution is 2.46. The lowest BCUT2D eigenvalue weighted by Crippen LogP contribution is -2.04. The molecule has 0 aliphatic heterocycles. The number of nitrogens with zero attached hydrogens (tertiary/aromatic N) is 8. The summed E-state index contributed by atoms with van der Waals surface area (Å²) in [7, 11) is 0. The Morgan fingerprint density at radius 3 is 0.625 bits per heavy atom. The lowest BCUT2D eigenvalue weighted by molar-refractivity contribution is 0.995. The molecule has 0 aliphatic carbocycles. The van der Waals surface area contributed by atoms with Gasteiger partial charge in [0.15, 0.2) is 0 Å². The van der Waals surface area contributed by atoms with Gasteiger partial charge in [-0.2, -0.15) is 0 Å². The van der Waals surface area contributed by atoms with Gasteiger partial charge in [-0.3, -0.25) is 4.57 Å². The maximum absolute atomic E-state index is 5.80. The van der Waals surface area contributed by atoms with E-state index >= 15 is 0 Å². The third kappa shape index (κ3) is 10.5. The Morgan fingerprint density at radius 1 is 0.125 bits per heavy atom. The van der Waals surface area contributed by atoms with Gasteiger partial charge < -0.3 is 22.8 Å². The molecule has 25 aromatic rings. The molecule has 558 valence electrons. The number of fused-ring (bicyclic) bond motifs is 18. The maximum atomic E-state index is 5.80. The topological polar surface area (TPSA) is 55.4 Å². The molecule has 7 heterocycles. The molecular formula is C112H70N8. The van der Waals surface area contributed by atoms with Gasteiger partial charge in [-0.15, -0.1) is 0 Å². The van der Waals surface area contributed by atoms with Gasteiger partial charge in [0.05, 0.1) is 77.6 Å². The zero-order valence-corrected chi connectivity index (χ0v) is 65.0. The number of hydrogen-bond donors (Lipinski definition) is 0. The van der Waals surface area contributed by atoms with Gasteiger partial charge in [0.25, 0.3) is 0 Å². The van der Waals surface area contributed by atoms with Gasteiger partial charge in [0, 0.05) is 104 Å². The molecule has 0 amide bonds. The van der Waals surface area contributed by atoms with Crippen LogP contribution in [0.5, 0.6) is 0 Å². The van der Waals surface area contributed by atoms with E-state index in [0.717, 1.165) is 150 Å². The van der Waals surface area contributed by atoms with Crippen LogP contribution >= 0.6 is 0 Å². The Labute approximate surface area is 689 Å². The number of para-hydroxylation sites is 8. The minimum atomic E-state index is 0.574. The normalized spacial score (nSPS) is 12.0. The van der Waals surface area contributed by atoms with E-state index in [2.05, 4.69) is 452 Å². The monoisotopic (exact) mass is 1530 g/mol. The van der Waals surface area contributed by atoms with Crippen molar-refractivity contribution in [3.8, 4) is 101 Å². The molecule has 0 unspecified atom stereocenters. The predicted molar refractivity (Wildman–Crippen MR) is 501 cm³/mol. The van der Waals surface area contributed by atoms with E-state index in [1.807, 2.05) is 0 Å². The van der Waals surface area contributed by atoms with Crippen molar-refractivity contribution in [2.45, 2.75) is 0 Å². The van der Waals surface area contributed by atoms with Crippen molar-refractivity contribution in [3.05, 3.63) is 425 Å².